The number of rotatable bonds is 7. The Balaban J connectivity index is 1.13. The Morgan fingerprint density at radius 3 is 2.50 bits per heavy atom. The van der Waals surface area contributed by atoms with Gasteiger partial charge in [0.05, 0.1) is 0 Å². The van der Waals surface area contributed by atoms with Crippen molar-refractivity contribution in [3.63, 3.8) is 0 Å². The number of hydrogen-bond donors (Lipinski definition) is 1. The Hall–Kier alpha value is -2.44. The number of nitrogens with zero attached hydrogens (tertiary/aromatic N) is 4. The minimum absolute atomic E-state index is 0.0401. The largest absolute Gasteiger partial charge is 0.355 e. The van der Waals surface area contributed by atoms with Gasteiger partial charge in [-0.2, -0.15) is 0 Å². The first-order valence-electron chi connectivity index (χ1n) is 13.2. The zero-order valence-electron chi connectivity index (χ0n) is 20.5. The molecular weight excluding hydrogens is 422 g/mol. The molecule has 1 amide bonds. The van der Waals surface area contributed by atoms with Crippen LogP contribution in [0.1, 0.15) is 61.1 Å². The molecule has 0 spiro atoms. The summed E-state index contributed by atoms with van der Waals surface area (Å²) in [5, 5.41) is 3.04. The highest BCUT2D eigenvalue weighted by molar-refractivity contribution is 5.92. The second-order valence-electron chi connectivity index (χ2n) is 10.3. The van der Waals surface area contributed by atoms with E-state index in [0.29, 0.717) is 23.7 Å². The molecule has 1 N–H and O–H groups in total. The summed E-state index contributed by atoms with van der Waals surface area (Å²) >= 11 is 0. The molecule has 5 rings (SSSR count). The summed E-state index contributed by atoms with van der Waals surface area (Å²) in [6, 6.07) is 17.9. The molecule has 3 aliphatic rings. The third kappa shape index (κ3) is 5.78. The van der Waals surface area contributed by atoms with Gasteiger partial charge in [0.15, 0.2) is 0 Å². The van der Waals surface area contributed by atoms with Crippen LogP contribution in [-0.2, 0) is 0 Å². The number of hydrogen-bond acceptors (Lipinski definition) is 5. The first-order chi connectivity index (χ1) is 16.7. The number of carbonyl (C=O) groups excluding carboxylic acids is 1. The fourth-order valence-electron chi connectivity index (χ4n) is 5.49. The minimum Gasteiger partial charge on any atom is -0.355 e. The Morgan fingerprint density at radius 2 is 1.74 bits per heavy atom. The maximum atomic E-state index is 12.5. The lowest BCUT2D eigenvalue weighted by Crippen LogP contribution is -2.46. The van der Waals surface area contributed by atoms with Crippen molar-refractivity contribution < 1.29 is 4.79 Å². The highest BCUT2D eigenvalue weighted by atomic mass is 16.1. The molecule has 3 fully saturated rings. The molecule has 0 bridgehead atoms. The minimum atomic E-state index is -0.0401. The summed E-state index contributed by atoms with van der Waals surface area (Å²) < 4.78 is 0. The lowest BCUT2D eigenvalue weighted by molar-refractivity contribution is 0.0917. The van der Waals surface area contributed by atoms with Gasteiger partial charge >= 0.3 is 0 Å². The van der Waals surface area contributed by atoms with E-state index in [1.807, 2.05) is 12.1 Å². The van der Waals surface area contributed by atoms with Gasteiger partial charge in [-0.1, -0.05) is 36.4 Å². The molecule has 0 radical (unpaired) electrons. The van der Waals surface area contributed by atoms with E-state index in [2.05, 4.69) is 63.3 Å². The second kappa shape index (κ2) is 10.9. The van der Waals surface area contributed by atoms with Crippen LogP contribution in [0.15, 0.2) is 48.5 Å². The fourth-order valence-corrected chi connectivity index (χ4v) is 5.49. The Morgan fingerprint density at radius 1 is 0.941 bits per heavy atom. The number of likely N-dealkylation sites (tertiary alicyclic amines) is 1. The van der Waals surface area contributed by atoms with Crippen molar-refractivity contribution in [1.29, 1.82) is 0 Å². The highest BCUT2D eigenvalue weighted by Crippen LogP contribution is 2.28. The summed E-state index contributed by atoms with van der Waals surface area (Å²) in [6.45, 7) is 9.65. The van der Waals surface area contributed by atoms with Gasteiger partial charge in [0.1, 0.15) is 11.5 Å². The fraction of sp³-hybridized carbons (Fsp3) is 0.571. The van der Waals surface area contributed by atoms with E-state index in [-0.39, 0.29) is 5.91 Å². The lowest BCUT2D eigenvalue weighted by atomic mass is 9.99. The molecular formula is C28H39N5O. The topological polar surface area (TPSA) is 51.7 Å². The Kier molecular flexibility index (Phi) is 7.45. The van der Waals surface area contributed by atoms with Crippen LogP contribution in [0.5, 0.6) is 0 Å². The molecule has 6 nitrogen and oxygen atoms in total. The van der Waals surface area contributed by atoms with Crippen molar-refractivity contribution in [3.05, 3.63) is 59.8 Å². The Bertz CT molecular complexity index is 939. The van der Waals surface area contributed by atoms with Crippen LogP contribution in [0.25, 0.3) is 0 Å². The van der Waals surface area contributed by atoms with E-state index in [1.165, 1.54) is 44.3 Å². The maximum absolute atomic E-state index is 12.5. The molecule has 1 unspecified atom stereocenters. The Labute approximate surface area is 204 Å². The number of pyridine rings is 1. The summed E-state index contributed by atoms with van der Waals surface area (Å²) in [7, 11) is 0. The molecule has 1 aliphatic carbocycles. The van der Waals surface area contributed by atoms with Crippen molar-refractivity contribution in [3.8, 4) is 0 Å². The molecule has 3 heterocycles. The van der Waals surface area contributed by atoms with E-state index in [4.69, 9.17) is 4.98 Å². The standard InChI is InChI=1S/C28H39N5O/c1-22(24-7-3-2-4-8-24)31-17-13-25(14-18-31)32-15-6-16-33(20-19-32)27-10-5-9-26(30-27)28(34)29-21-23-11-12-23/h2-5,7-10,22-23,25H,6,11-21H2,1H3,(H,29,34). The molecule has 182 valence electrons. The van der Waals surface area contributed by atoms with Crippen LogP contribution in [0.3, 0.4) is 0 Å². The van der Waals surface area contributed by atoms with Crippen molar-refractivity contribution in [2.24, 2.45) is 5.92 Å². The predicted molar refractivity (Wildman–Crippen MR) is 137 cm³/mol. The number of nitrogens with one attached hydrogen (secondary N) is 1. The van der Waals surface area contributed by atoms with E-state index < -0.39 is 0 Å². The summed E-state index contributed by atoms with van der Waals surface area (Å²) in [5.41, 5.74) is 1.96. The summed E-state index contributed by atoms with van der Waals surface area (Å²) in [5.74, 6) is 1.58. The van der Waals surface area contributed by atoms with Crippen LogP contribution in [0.4, 0.5) is 5.82 Å². The molecule has 6 heteroatoms. The van der Waals surface area contributed by atoms with Gasteiger partial charge in [-0.05, 0) is 62.6 Å². The molecule has 2 aromatic rings. The molecule has 1 saturated carbocycles. The van der Waals surface area contributed by atoms with Crippen LogP contribution in [0.2, 0.25) is 0 Å². The number of piperidine rings is 1. The van der Waals surface area contributed by atoms with Gasteiger partial charge in [-0.3, -0.25) is 14.6 Å². The quantitative estimate of drug-likeness (QED) is 0.677. The van der Waals surface area contributed by atoms with Gasteiger partial charge in [-0.15, -0.1) is 0 Å². The smallest absolute Gasteiger partial charge is 0.269 e. The van der Waals surface area contributed by atoms with Crippen LogP contribution in [0, 0.1) is 5.92 Å². The van der Waals surface area contributed by atoms with E-state index >= 15 is 0 Å². The van der Waals surface area contributed by atoms with Crippen molar-refractivity contribution in [2.45, 2.75) is 51.1 Å². The summed E-state index contributed by atoms with van der Waals surface area (Å²) in [6.07, 6.45) is 6.10. The van der Waals surface area contributed by atoms with Gasteiger partial charge in [0, 0.05) is 57.9 Å². The molecule has 1 atom stereocenters. The highest BCUT2D eigenvalue weighted by Gasteiger charge is 2.29. The number of amides is 1. The average Bonchev–Trinajstić information content (AvgIpc) is 3.75. The SMILES string of the molecule is CC(c1ccccc1)N1CCC(N2CCCN(c3cccc(C(=O)NCC4CC4)n3)CC2)CC1. The second-order valence-corrected chi connectivity index (χ2v) is 10.3. The van der Waals surface area contributed by atoms with Gasteiger partial charge < -0.3 is 10.2 Å². The molecule has 34 heavy (non-hydrogen) atoms. The van der Waals surface area contributed by atoms with Crippen LogP contribution in [-0.4, -0.2) is 72.5 Å². The van der Waals surface area contributed by atoms with Gasteiger partial charge in [0.2, 0.25) is 0 Å². The van der Waals surface area contributed by atoms with E-state index in [9.17, 15) is 4.79 Å². The van der Waals surface area contributed by atoms with Crippen LogP contribution < -0.4 is 10.2 Å². The van der Waals surface area contributed by atoms with Gasteiger partial charge in [0.25, 0.3) is 5.91 Å². The molecule has 2 aliphatic heterocycles. The normalized spacial score (nSPS) is 21.7. The van der Waals surface area contributed by atoms with Crippen molar-refractivity contribution in [2.75, 3.05) is 50.7 Å². The number of benzene rings is 1. The predicted octanol–water partition coefficient (Wildman–Crippen LogP) is 3.96. The van der Waals surface area contributed by atoms with E-state index in [1.54, 1.807) is 0 Å². The van der Waals surface area contributed by atoms with Gasteiger partial charge in [-0.25, -0.2) is 4.98 Å². The van der Waals surface area contributed by atoms with E-state index in [0.717, 1.165) is 45.0 Å². The third-order valence-electron chi connectivity index (χ3n) is 7.91. The maximum Gasteiger partial charge on any atom is 0.269 e. The average molecular weight is 462 g/mol. The third-order valence-corrected chi connectivity index (χ3v) is 7.91. The first-order valence-corrected chi connectivity index (χ1v) is 13.2. The number of aromatic nitrogens is 1. The molecule has 1 aromatic carbocycles. The number of carbonyl (C=O) groups is 1. The molecule has 2 saturated heterocycles. The molecule has 1 aromatic heterocycles. The van der Waals surface area contributed by atoms with Crippen LogP contribution >= 0.6 is 0 Å². The van der Waals surface area contributed by atoms with Crippen molar-refractivity contribution in [1.82, 2.24) is 20.1 Å². The van der Waals surface area contributed by atoms with Crippen molar-refractivity contribution >= 4 is 11.7 Å². The summed E-state index contributed by atoms with van der Waals surface area (Å²) in [4.78, 5) is 24.9. The monoisotopic (exact) mass is 461 g/mol. The first kappa shape index (κ1) is 23.3. The lowest BCUT2D eigenvalue weighted by Gasteiger charge is -2.40. The zero-order chi connectivity index (χ0) is 23.3. The zero-order valence-corrected chi connectivity index (χ0v) is 20.5. The number of anilines is 1.